The summed E-state index contributed by atoms with van der Waals surface area (Å²) in [5, 5.41) is 10.0. The number of hydrogen-bond donors (Lipinski definition) is 1. The third-order valence-electron chi connectivity index (χ3n) is 3.29. The molecule has 0 bridgehead atoms. The smallest absolute Gasteiger partial charge is 0.127 e. The molecule has 1 aliphatic heterocycles. The summed E-state index contributed by atoms with van der Waals surface area (Å²) in [6.45, 7) is 0. The van der Waals surface area contributed by atoms with Crippen molar-refractivity contribution in [3.8, 4) is 5.75 Å². The van der Waals surface area contributed by atoms with Crippen LogP contribution in [-0.4, -0.2) is 5.11 Å². The average molecular weight is 280 g/mol. The Morgan fingerprint density at radius 2 is 1.65 bits per heavy atom. The Labute approximate surface area is 113 Å². The Kier molecular flexibility index (Phi) is 3.14. The highest BCUT2D eigenvalue weighted by Gasteiger charge is 2.29. The first-order valence-electron chi connectivity index (χ1n) is 6.13. The van der Waals surface area contributed by atoms with Crippen molar-refractivity contribution < 1.29 is 23.0 Å². The topological polar surface area (TPSA) is 29.5 Å². The van der Waals surface area contributed by atoms with Gasteiger partial charge in [0.15, 0.2) is 0 Å². The molecule has 1 aliphatic rings. The van der Waals surface area contributed by atoms with Crippen LogP contribution in [0.25, 0.3) is 0 Å². The van der Waals surface area contributed by atoms with Crippen LogP contribution in [0.15, 0.2) is 36.4 Å². The summed E-state index contributed by atoms with van der Waals surface area (Å²) in [4.78, 5) is 0. The molecule has 1 heterocycles. The van der Waals surface area contributed by atoms with E-state index in [1.807, 2.05) is 0 Å². The molecule has 20 heavy (non-hydrogen) atoms. The van der Waals surface area contributed by atoms with Crippen molar-refractivity contribution >= 4 is 0 Å². The third kappa shape index (κ3) is 2.36. The molecule has 2 aromatic carbocycles. The van der Waals surface area contributed by atoms with Crippen LogP contribution in [0.5, 0.6) is 5.75 Å². The Morgan fingerprint density at radius 3 is 2.35 bits per heavy atom. The zero-order valence-electron chi connectivity index (χ0n) is 10.3. The second-order valence-corrected chi connectivity index (χ2v) is 4.74. The van der Waals surface area contributed by atoms with Gasteiger partial charge in [0.05, 0.1) is 6.10 Å². The summed E-state index contributed by atoms with van der Waals surface area (Å²) in [7, 11) is 0. The maximum atomic E-state index is 13.2. The van der Waals surface area contributed by atoms with Gasteiger partial charge in [-0.2, -0.15) is 0 Å². The van der Waals surface area contributed by atoms with Gasteiger partial charge in [0.1, 0.15) is 29.3 Å². The number of aliphatic hydroxyl groups is 1. The molecule has 3 rings (SSSR count). The zero-order chi connectivity index (χ0) is 14.3. The minimum Gasteiger partial charge on any atom is -0.485 e. The lowest BCUT2D eigenvalue weighted by Crippen LogP contribution is -2.19. The summed E-state index contributed by atoms with van der Waals surface area (Å²) < 4.78 is 45.2. The van der Waals surface area contributed by atoms with Gasteiger partial charge in [0.25, 0.3) is 0 Å². The van der Waals surface area contributed by atoms with Gasteiger partial charge in [-0.3, -0.25) is 0 Å². The maximum Gasteiger partial charge on any atom is 0.127 e. The van der Waals surface area contributed by atoms with Crippen molar-refractivity contribution in [1.82, 2.24) is 0 Å². The van der Waals surface area contributed by atoms with Gasteiger partial charge < -0.3 is 9.84 Å². The molecule has 1 unspecified atom stereocenters. The molecule has 0 fully saturated rings. The van der Waals surface area contributed by atoms with E-state index in [1.165, 1.54) is 18.2 Å². The van der Waals surface area contributed by atoms with Gasteiger partial charge in [-0.05, 0) is 35.9 Å². The zero-order valence-corrected chi connectivity index (χ0v) is 10.3. The summed E-state index contributed by atoms with van der Waals surface area (Å²) >= 11 is 0. The first-order valence-corrected chi connectivity index (χ1v) is 6.13. The molecule has 2 atom stereocenters. The molecule has 0 saturated carbocycles. The molecule has 0 aliphatic carbocycles. The fraction of sp³-hybridized carbons (Fsp3) is 0.200. The number of hydrogen-bond acceptors (Lipinski definition) is 2. The van der Waals surface area contributed by atoms with Crippen LogP contribution in [0, 0.1) is 17.5 Å². The molecule has 104 valence electrons. The second-order valence-electron chi connectivity index (χ2n) is 4.74. The third-order valence-corrected chi connectivity index (χ3v) is 3.29. The molecule has 0 spiro atoms. The SMILES string of the molecule is O[C@H]1CC(c2cc(F)cc(F)c2)Oc2ccc(F)cc21. The number of fused-ring (bicyclic) bond motifs is 1. The van der Waals surface area contributed by atoms with Gasteiger partial charge in [0, 0.05) is 18.1 Å². The maximum absolute atomic E-state index is 13.2. The largest absolute Gasteiger partial charge is 0.485 e. The molecule has 0 radical (unpaired) electrons. The van der Waals surface area contributed by atoms with Crippen LogP contribution in [0.1, 0.15) is 29.8 Å². The van der Waals surface area contributed by atoms with E-state index in [0.29, 0.717) is 16.9 Å². The van der Waals surface area contributed by atoms with E-state index in [4.69, 9.17) is 4.74 Å². The summed E-state index contributed by atoms with van der Waals surface area (Å²) in [5.74, 6) is -1.56. The van der Waals surface area contributed by atoms with Crippen molar-refractivity contribution in [3.63, 3.8) is 0 Å². The molecular weight excluding hydrogens is 269 g/mol. The lowest BCUT2D eigenvalue weighted by Gasteiger charge is -2.30. The first-order chi connectivity index (χ1) is 9.52. The fourth-order valence-electron chi connectivity index (χ4n) is 2.38. The highest BCUT2D eigenvalue weighted by Crippen LogP contribution is 2.41. The molecular formula is C15H11F3O2. The van der Waals surface area contributed by atoms with Crippen LogP contribution in [-0.2, 0) is 0 Å². The van der Waals surface area contributed by atoms with Crippen molar-refractivity contribution in [3.05, 3.63) is 65.0 Å². The van der Waals surface area contributed by atoms with E-state index in [0.717, 1.165) is 18.2 Å². The molecule has 2 nitrogen and oxygen atoms in total. The molecule has 1 N–H and O–H groups in total. The molecule has 0 aromatic heterocycles. The molecule has 0 amide bonds. The van der Waals surface area contributed by atoms with Crippen LogP contribution in [0.4, 0.5) is 13.2 Å². The predicted octanol–water partition coefficient (Wildman–Crippen LogP) is 3.66. The molecule has 2 aromatic rings. The van der Waals surface area contributed by atoms with Crippen LogP contribution >= 0.6 is 0 Å². The van der Waals surface area contributed by atoms with E-state index in [1.54, 1.807) is 0 Å². The highest BCUT2D eigenvalue weighted by atomic mass is 19.1. The minimum absolute atomic E-state index is 0.110. The summed E-state index contributed by atoms with van der Waals surface area (Å²) in [6.07, 6.45) is -1.50. The lowest BCUT2D eigenvalue weighted by atomic mass is 9.95. The predicted molar refractivity (Wildman–Crippen MR) is 65.7 cm³/mol. The first kappa shape index (κ1) is 13.0. The Hall–Kier alpha value is -2.01. The standard InChI is InChI=1S/C15H11F3O2/c16-9-1-2-14-12(6-9)13(19)7-15(20-14)8-3-10(17)5-11(18)4-8/h1-6,13,15,19H,7H2/t13-,15?/m0/s1. The van der Waals surface area contributed by atoms with E-state index in [-0.39, 0.29) is 6.42 Å². The highest BCUT2D eigenvalue weighted by molar-refractivity contribution is 5.39. The summed E-state index contributed by atoms with van der Waals surface area (Å²) in [5.41, 5.74) is 0.648. The Balaban J connectivity index is 1.96. The lowest BCUT2D eigenvalue weighted by molar-refractivity contribution is 0.0650. The van der Waals surface area contributed by atoms with Crippen molar-refractivity contribution in [2.45, 2.75) is 18.6 Å². The van der Waals surface area contributed by atoms with E-state index >= 15 is 0 Å². The molecule has 5 heteroatoms. The van der Waals surface area contributed by atoms with Crippen molar-refractivity contribution in [1.29, 1.82) is 0 Å². The van der Waals surface area contributed by atoms with Gasteiger partial charge in [-0.15, -0.1) is 0 Å². The Morgan fingerprint density at radius 1 is 0.950 bits per heavy atom. The van der Waals surface area contributed by atoms with Gasteiger partial charge in [-0.1, -0.05) is 0 Å². The van der Waals surface area contributed by atoms with E-state index < -0.39 is 29.7 Å². The normalized spacial score (nSPS) is 21.2. The van der Waals surface area contributed by atoms with Crippen molar-refractivity contribution in [2.75, 3.05) is 0 Å². The van der Waals surface area contributed by atoms with Gasteiger partial charge >= 0.3 is 0 Å². The summed E-state index contributed by atoms with van der Waals surface area (Å²) in [6, 6.07) is 6.90. The minimum atomic E-state index is -0.939. The number of aliphatic hydroxyl groups excluding tert-OH is 1. The van der Waals surface area contributed by atoms with Crippen LogP contribution in [0.3, 0.4) is 0 Å². The van der Waals surface area contributed by atoms with Gasteiger partial charge in [0.2, 0.25) is 0 Å². The monoisotopic (exact) mass is 280 g/mol. The number of benzene rings is 2. The quantitative estimate of drug-likeness (QED) is 0.863. The van der Waals surface area contributed by atoms with Gasteiger partial charge in [-0.25, -0.2) is 13.2 Å². The van der Waals surface area contributed by atoms with Crippen LogP contribution in [0.2, 0.25) is 0 Å². The van der Waals surface area contributed by atoms with Crippen LogP contribution < -0.4 is 4.74 Å². The van der Waals surface area contributed by atoms with E-state index in [9.17, 15) is 18.3 Å². The van der Waals surface area contributed by atoms with E-state index in [2.05, 4.69) is 0 Å². The van der Waals surface area contributed by atoms with Crippen molar-refractivity contribution in [2.24, 2.45) is 0 Å². The average Bonchev–Trinajstić information content (AvgIpc) is 2.38. The second kappa shape index (κ2) is 4.83. The number of halogens is 3. The number of ether oxygens (including phenoxy) is 1. The Bertz CT molecular complexity index is 637. The fourth-order valence-corrected chi connectivity index (χ4v) is 2.38. The molecule has 0 saturated heterocycles. The number of rotatable bonds is 1.